The fourth-order valence-corrected chi connectivity index (χ4v) is 4.63. The van der Waals surface area contributed by atoms with Crippen LogP contribution in [0.5, 0.6) is 0 Å². The minimum atomic E-state index is -0.298. The Morgan fingerprint density at radius 2 is 2.03 bits per heavy atom. The lowest BCUT2D eigenvalue weighted by Gasteiger charge is -2.37. The maximum Gasteiger partial charge on any atom is 0.225 e. The molecule has 0 saturated carbocycles. The standard InChI is InChI=1S/C22H34N6O3/c1-4-28(5-2)12-11-24-20-18-16(7-6-10-23-18)25-21(27-20)26-17-15-31-22(19(17)29-3)8-13-30-14-9-22/h6-7,10,17,19H,4-5,8-9,11-15H2,1-3H3,(H2,24,25,26,27)/t17-,19+/m1/s1. The van der Waals surface area contributed by atoms with Gasteiger partial charge in [0.1, 0.15) is 17.2 Å². The van der Waals surface area contributed by atoms with Crippen molar-refractivity contribution in [3.05, 3.63) is 18.3 Å². The normalized spacial score (nSPS) is 23.0. The van der Waals surface area contributed by atoms with Gasteiger partial charge in [0.15, 0.2) is 5.82 Å². The lowest BCUT2D eigenvalue weighted by atomic mass is 9.87. The number of nitrogens with one attached hydrogen (secondary N) is 2. The molecule has 2 N–H and O–H groups in total. The Kier molecular flexibility index (Phi) is 7.16. The van der Waals surface area contributed by atoms with E-state index in [4.69, 9.17) is 24.2 Å². The number of hydrogen-bond donors (Lipinski definition) is 2. The second-order valence-corrected chi connectivity index (χ2v) is 8.12. The first kappa shape index (κ1) is 22.1. The van der Waals surface area contributed by atoms with E-state index in [9.17, 15) is 0 Å². The molecule has 170 valence electrons. The van der Waals surface area contributed by atoms with Crippen LogP contribution in [0.15, 0.2) is 18.3 Å². The van der Waals surface area contributed by atoms with Crippen molar-refractivity contribution in [2.75, 3.05) is 63.7 Å². The molecular weight excluding hydrogens is 396 g/mol. The number of hydrogen-bond acceptors (Lipinski definition) is 9. The van der Waals surface area contributed by atoms with E-state index in [1.807, 2.05) is 12.1 Å². The van der Waals surface area contributed by atoms with Gasteiger partial charge in [0.2, 0.25) is 5.95 Å². The Morgan fingerprint density at radius 1 is 1.23 bits per heavy atom. The summed E-state index contributed by atoms with van der Waals surface area (Å²) in [5, 5.41) is 6.94. The van der Waals surface area contributed by atoms with Gasteiger partial charge < -0.3 is 29.7 Å². The molecule has 0 aromatic carbocycles. The van der Waals surface area contributed by atoms with E-state index >= 15 is 0 Å². The number of methoxy groups -OCH3 is 1. The lowest BCUT2D eigenvalue weighted by molar-refractivity contribution is -0.128. The molecule has 2 fully saturated rings. The van der Waals surface area contributed by atoms with E-state index in [0.29, 0.717) is 25.8 Å². The monoisotopic (exact) mass is 430 g/mol. The quantitative estimate of drug-likeness (QED) is 0.621. The van der Waals surface area contributed by atoms with Crippen molar-refractivity contribution < 1.29 is 14.2 Å². The number of fused-ring (bicyclic) bond motifs is 1. The smallest absolute Gasteiger partial charge is 0.225 e. The van der Waals surface area contributed by atoms with Crippen molar-refractivity contribution in [1.82, 2.24) is 19.9 Å². The first-order valence-electron chi connectivity index (χ1n) is 11.3. The third kappa shape index (κ3) is 4.74. The second-order valence-electron chi connectivity index (χ2n) is 8.12. The molecule has 9 nitrogen and oxygen atoms in total. The average Bonchev–Trinajstić information content (AvgIpc) is 3.13. The van der Waals surface area contributed by atoms with Crippen molar-refractivity contribution in [3.63, 3.8) is 0 Å². The predicted molar refractivity (Wildman–Crippen MR) is 121 cm³/mol. The van der Waals surface area contributed by atoms with Crippen LogP contribution >= 0.6 is 0 Å². The molecule has 2 atom stereocenters. The summed E-state index contributed by atoms with van der Waals surface area (Å²) in [7, 11) is 1.75. The highest BCUT2D eigenvalue weighted by Gasteiger charge is 2.51. The fourth-order valence-electron chi connectivity index (χ4n) is 4.63. The first-order chi connectivity index (χ1) is 15.2. The highest BCUT2D eigenvalue weighted by molar-refractivity contribution is 5.86. The summed E-state index contributed by atoms with van der Waals surface area (Å²) in [6.07, 6.45) is 3.37. The topological polar surface area (TPSA) is 93.7 Å². The van der Waals surface area contributed by atoms with Crippen molar-refractivity contribution in [2.24, 2.45) is 0 Å². The number of likely N-dealkylation sites (N-methyl/N-ethyl adjacent to an activating group) is 1. The summed E-state index contributed by atoms with van der Waals surface area (Å²) in [5.74, 6) is 1.31. The zero-order valence-corrected chi connectivity index (χ0v) is 18.8. The molecule has 0 radical (unpaired) electrons. The van der Waals surface area contributed by atoms with E-state index in [-0.39, 0.29) is 17.7 Å². The van der Waals surface area contributed by atoms with E-state index in [1.54, 1.807) is 13.3 Å². The van der Waals surface area contributed by atoms with E-state index in [1.165, 1.54) is 0 Å². The van der Waals surface area contributed by atoms with Crippen LogP contribution in [0.3, 0.4) is 0 Å². The molecule has 2 saturated heterocycles. The third-order valence-corrected chi connectivity index (χ3v) is 6.41. The molecule has 2 aliphatic heterocycles. The summed E-state index contributed by atoms with van der Waals surface area (Å²) in [5.41, 5.74) is 1.28. The molecule has 2 aromatic heterocycles. The number of aromatic nitrogens is 3. The molecule has 4 heterocycles. The molecule has 9 heteroatoms. The van der Waals surface area contributed by atoms with Crippen LogP contribution in [-0.4, -0.2) is 90.7 Å². The van der Waals surface area contributed by atoms with Gasteiger partial charge in [0, 0.05) is 52.5 Å². The zero-order chi connectivity index (χ0) is 21.7. The van der Waals surface area contributed by atoms with Gasteiger partial charge in [0.25, 0.3) is 0 Å². The molecule has 31 heavy (non-hydrogen) atoms. The van der Waals surface area contributed by atoms with Crippen molar-refractivity contribution in [3.8, 4) is 0 Å². The zero-order valence-electron chi connectivity index (χ0n) is 18.8. The second kappa shape index (κ2) is 10.0. The van der Waals surface area contributed by atoms with E-state index in [0.717, 1.165) is 55.9 Å². The fraction of sp³-hybridized carbons (Fsp3) is 0.682. The molecule has 2 aromatic rings. The van der Waals surface area contributed by atoms with Gasteiger partial charge in [-0.05, 0) is 25.2 Å². The number of pyridine rings is 1. The van der Waals surface area contributed by atoms with Crippen molar-refractivity contribution in [1.29, 1.82) is 0 Å². The molecule has 0 unspecified atom stereocenters. The van der Waals surface area contributed by atoms with E-state index in [2.05, 4.69) is 34.4 Å². The van der Waals surface area contributed by atoms with Crippen molar-refractivity contribution in [2.45, 2.75) is 44.4 Å². The largest absolute Gasteiger partial charge is 0.381 e. The highest BCUT2D eigenvalue weighted by atomic mass is 16.6. The summed E-state index contributed by atoms with van der Waals surface area (Å²) < 4.78 is 17.7. The van der Waals surface area contributed by atoms with Crippen LogP contribution in [0, 0.1) is 0 Å². The van der Waals surface area contributed by atoms with Gasteiger partial charge in [0.05, 0.1) is 18.2 Å². The predicted octanol–water partition coefficient (Wildman–Crippen LogP) is 2.15. The Hall–Kier alpha value is -2.07. The molecule has 4 rings (SSSR count). The van der Waals surface area contributed by atoms with Gasteiger partial charge in [-0.3, -0.25) is 4.98 Å². The van der Waals surface area contributed by atoms with Crippen LogP contribution in [0.1, 0.15) is 26.7 Å². The third-order valence-electron chi connectivity index (χ3n) is 6.41. The Bertz CT molecular complexity index is 856. The Balaban J connectivity index is 1.52. The minimum absolute atomic E-state index is 0.0271. The minimum Gasteiger partial charge on any atom is -0.381 e. The number of ether oxygens (including phenoxy) is 3. The number of anilines is 2. The van der Waals surface area contributed by atoms with Crippen LogP contribution in [0.2, 0.25) is 0 Å². The molecule has 2 aliphatic rings. The SMILES string of the molecule is CCN(CC)CCNc1nc(N[C@@H]2COC3(CCOCC3)[C@H]2OC)nc2cccnc12. The van der Waals surface area contributed by atoms with Gasteiger partial charge in [-0.15, -0.1) is 0 Å². The summed E-state index contributed by atoms with van der Waals surface area (Å²) >= 11 is 0. The molecular formula is C22H34N6O3. The van der Waals surface area contributed by atoms with Crippen LogP contribution in [0.4, 0.5) is 11.8 Å². The highest BCUT2D eigenvalue weighted by Crippen LogP contribution is 2.38. The Labute approximate surface area is 183 Å². The molecule has 0 amide bonds. The van der Waals surface area contributed by atoms with Crippen molar-refractivity contribution >= 4 is 22.8 Å². The maximum atomic E-state index is 6.25. The number of nitrogens with zero attached hydrogens (tertiary/aromatic N) is 4. The van der Waals surface area contributed by atoms with Gasteiger partial charge in [-0.1, -0.05) is 13.8 Å². The van der Waals surface area contributed by atoms with Gasteiger partial charge in [-0.2, -0.15) is 4.98 Å². The summed E-state index contributed by atoms with van der Waals surface area (Å²) in [6.45, 7) is 10.1. The van der Waals surface area contributed by atoms with Gasteiger partial charge in [-0.25, -0.2) is 4.98 Å². The maximum absolute atomic E-state index is 6.25. The Morgan fingerprint density at radius 3 is 2.77 bits per heavy atom. The first-order valence-corrected chi connectivity index (χ1v) is 11.3. The number of rotatable bonds is 9. The average molecular weight is 431 g/mol. The lowest BCUT2D eigenvalue weighted by Crippen LogP contribution is -2.50. The molecule has 0 bridgehead atoms. The van der Waals surface area contributed by atoms with Crippen LogP contribution in [-0.2, 0) is 14.2 Å². The molecule has 0 aliphatic carbocycles. The van der Waals surface area contributed by atoms with Gasteiger partial charge >= 0.3 is 0 Å². The van der Waals surface area contributed by atoms with Crippen LogP contribution in [0.25, 0.3) is 11.0 Å². The van der Waals surface area contributed by atoms with E-state index < -0.39 is 0 Å². The molecule has 1 spiro atoms. The summed E-state index contributed by atoms with van der Waals surface area (Å²) in [6, 6.07) is 3.83. The van der Waals surface area contributed by atoms with Crippen LogP contribution < -0.4 is 10.6 Å². The summed E-state index contributed by atoms with van der Waals surface area (Å²) in [4.78, 5) is 16.3.